The Labute approximate surface area is 238 Å². The van der Waals surface area contributed by atoms with Crippen molar-refractivity contribution in [2.24, 2.45) is 0 Å². The Morgan fingerprint density at radius 1 is 0.927 bits per heavy atom. The second-order valence-electron chi connectivity index (χ2n) is 9.59. The molecule has 0 bridgehead atoms. The number of aliphatic hydroxyl groups excluding tert-OH is 1. The molecule has 1 fully saturated rings. The number of ketones is 1. The summed E-state index contributed by atoms with van der Waals surface area (Å²) in [4.78, 5) is 32.3. The SMILES string of the molecule is CN(C)S(=O)(=O)c1ccc(C(O)=C2C(=O)C(=O)N(Cc3cccnc3)C2c2cccc(Oc3ccccc3)c2)cc1. The normalized spacial score (nSPS) is 16.8. The van der Waals surface area contributed by atoms with E-state index in [0.717, 1.165) is 4.31 Å². The van der Waals surface area contributed by atoms with Crippen LogP contribution in [-0.2, 0) is 26.2 Å². The molecule has 1 aliphatic heterocycles. The van der Waals surface area contributed by atoms with Gasteiger partial charge in [-0.25, -0.2) is 12.7 Å². The molecule has 1 unspecified atom stereocenters. The second-order valence-corrected chi connectivity index (χ2v) is 11.7. The quantitative estimate of drug-likeness (QED) is 0.185. The van der Waals surface area contributed by atoms with E-state index in [1.54, 1.807) is 60.9 Å². The molecule has 10 heteroatoms. The third-order valence-electron chi connectivity index (χ3n) is 6.67. The molecule has 208 valence electrons. The van der Waals surface area contributed by atoms with Gasteiger partial charge < -0.3 is 14.7 Å². The maximum atomic E-state index is 13.4. The van der Waals surface area contributed by atoms with E-state index < -0.39 is 33.5 Å². The van der Waals surface area contributed by atoms with Crippen LogP contribution in [0.4, 0.5) is 0 Å². The average Bonchev–Trinajstić information content (AvgIpc) is 3.23. The molecular formula is C31H27N3O6S. The molecule has 1 saturated heterocycles. The highest BCUT2D eigenvalue weighted by Gasteiger charge is 2.46. The van der Waals surface area contributed by atoms with E-state index in [1.807, 2.05) is 18.2 Å². The Hall–Kier alpha value is -4.80. The Kier molecular flexibility index (Phi) is 7.69. The summed E-state index contributed by atoms with van der Waals surface area (Å²) in [5.74, 6) is -0.941. The van der Waals surface area contributed by atoms with E-state index in [4.69, 9.17) is 4.74 Å². The minimum atomic E-state index is -3.70. The minimum absolute atomic E-state index is 0.0263. The number of hydrogen-bond donors (Lipinski definition) is 1. The van der Waals surface area contributed by atoms with Crippen LogP contribution in [0.25, 0.3) is 5.76 Å². The predicted octanol–water partition coefficient (Wildman–Crippen LogP) is 4.75. The summed E-state index contributed by atoms with van der Waals surface area (Å²) in [5, 5.41) is 11.4. The van der Waals surface area contributed by atoms with Gasteiger partial charge in [0.1, 0.15) is 17.3 Å². The number of sulfonamides is 1. The first-order valence-electron chi connectivity index (χ1n) is 12.7. The van der Waals surface area contributed by atoms with Gasteiger partial charge in [-0.3, -0.25) is 14.6 Å². The van der Waals surface area contributed by atoms with Crippen LogP contribution < -0.4 is 4.74 Å². The summed E-state index contributed by atoms with van der Waals surface area (Å²) in [7, 11) is -0.861. The number of pyridine rings is 1. The zero-order chi connectivity index (χ0) is 29.1. The summed E-state index contributed by atoms with van der Waals surface area (Å²) in [6, 6.07) is 24.3. The molecule has 4 aromatic rings. The molecule has 0 saturated carbocycles. The lowest BCUT2D eigenvalue weighted by Gasteiger charge is -2.25. The van der Waals surface area contributed by atoms with Crippen molar-refractivity contribution in [1.82, 2.24) is 14.2 Å². The Bertz CT molecular complexity index is 1720. The number of benzene rings is 3. The van der Waals surface area contributed by atoms with Gasteiger partial charge in [0.15, 0.2) is 0 Å². The Morgan fingerprint density at radius 3 is 2.29 bits per heavy atom. The van der Waals surface area contributed by atoms with Gasteiger partial charge in [-0.2, -0.15) is 0 Å². The lowest BCUT2D eigenvalue weighted by Crippen LogP contribution is -2.29. The van der Waals surface area contributed by atoms with E-state index in [9.17, 15) is 23.1 Å². The van der Waals surface area contributed by atoms with Crippen molar-refractivity contribution in [2.45, 2.75) is 17.5 Å². The van der Waals surface area contributed by atoms with Gasteiger partial charge in [-0.15, -0.1) is 0 Å². The monoisotopic (exact) mass is 569 g/mol. The number of likely N-dealkylation sites (tertiary alicyclic amines) is 1. The maximum Gasteiger partial charge on any atom is 0.295 e. The molecule has 41 heavy (non-hydrogen) atoms. The van der Waals surface area contributed by atoms with E-state index in [2.05, 4.69) is 4.98 Å². The highest BCUT2D eigenvalue weighted by Crippen LogP contribution is 2.41. The number of aliphatic hydroxyl groups is 1. The molecule has 9 nitrogen and oxygen atoms in total. The number of amides is 1. The van der Waals surface area contributed by atoms with Crippen molar-refractivity contribution < 1.29 is 27.9 Å². The number of aromatic nitrogens is 1. The third kappa shape index (κ3) is 5.60. The fourth-order valence-electron chi connectivity index (χ4n) is 4.60. The van der Waals surface area contributed by atoms with E-state index >= 15 is 0 Å². The maximum absolute atomic E-state index is 13.4. The van der Waals surface area contributed by atoms with Gasteiger partial charge in [-0.1, -0.05) is 36.4 Å². The van der Waals surface area contributed by atoms with Crippen LogP contribution in [-0.4, -0.2) is 53.5 Å². The van der Waals surface area contributed by atoms with Crippen molar-refractivity contribution in [3.05, 3.63) is 126 Å². The van der Waals surface area contributed by atoms with Crippen LogP contribution >= 0.6 is 0 Å². The van der Waals surface area contributed by atoms with E-state index in [0.29, 0.717) is 22.6 Å². The third-order valence-corrected chi connectivity index (χ3v) is 8.50. The molecule has 0 spiro atoms. The van der Waals surface area contributed by atoms with Crippen molar-refractivity contribution in [3.63, 3.8) is 0 Å². The first-order valence-corrected chi connectivity index (χ1v) is 14.1. The van der Waals surface area contributed by atoms with Crippen LogP contribution in [0.1, 0.15) is 22.7 Å². The minimum Gasteiger partial charge on any atom is -0.507 e. The number of nitrogens with zero attached hydrogens (tertiary/aromatic N) is 3. The van der Waals surface area contributed by atoms with Crippen LogP contribution in [0.3, 0.4) is 0 Å². The standard InChI is InChI=1S/C31H27N3O6S/c1-33(2)41(38,39)26-15-13-22(14-16-26)29(35)27-28(34(31(37)30(27)36)20-21-8-7-17-32-19-21)23-9-6-12-25(18-23)40-24-10-4-3-5-11-24/h3-19,28,35H,20H2,1-2H3. The van der Waals surface area contributed by atoms with Crippen molar-refractivity contribution in [3.8, 4) is 11.5 Å². The lowest BCUT2D eigenvalue weighted by molar-refractivity contribution is -0.140. The lowest BCUT2D eigenvalue weighted by atomic mass is 9.95. The molecule has 1 N–H and O–H groups in total. The smallest absolute Gasteiger partial charge is 0.295 e. The Morgan fingerprint density at radius 2 is 1.63 bits per heavy atom. The summed E-state index contributed by atoms with van der Waals surface area (Å²) >= 11 is 0. The topological polar surface area (TPSA) is 117 Å². The average molecular weight is 570 g/mol. The van der Waals surface area contributed by atoms with Crippen LogP contribution in [0, 0.1) is 0 Å². The zero-order valence-corrected chi connectivity index (χ0v) is 23.2. The van der Waals surface area contributed by atoms with E-state index in [-0.39, 0.29) is 22.6 Å². The fourth-order valence-corrected chi connectivity index (χ4v) is 5.50. The molecular weight excluding hydrogens is 542 g/mol. The molecule has 1 atom stereocenters. The van der Waals surface area contributed by atoms with Crippen LogP contribution in [0.5, 0.6) is 11.5 Å². The highest BCUT2D eigenvalue weighted by molar-refractivity contribution is 7.89. The van der Waals surface area contributed by atoms with Gasteiger partial charge >= 0.3 is 0 Å². The summed E-state index contributed by atoms with van der Waals surface area (Å²) in [6.45, 7) is 0.0731. The summed E-state index contributed by atoms with van der Waals surface area (Å²) in [6.07, 6.45) is 3.22. The number of ether oxygens (including phenoxy) is 1. The number of carbonyl (C=O) groups excluding carboxylic acids is 2. The largest absolute Gasteiger partial charge is 0.507 e. The van der Waals surface area contributed by atoms with Gasteiger partial charge in [0.2, 0.25) is 10.0 Å². The zero-order valence-electron chi connectivity index (χ0n) is 22.3. The molecule has 2 heterocycles. The van der Waals surface area contributed by atoms with Crippen molar-refractivity contribution in [1.29, 1.82) is 0 Å². The Balaban J connectivity index is 1.60. The molecule has 0 radical (unpaired) electrons. The number of carbonyl (C=O) groups is 2. The number of para-hydroxylation sites is 1. The highest BCUT2D eigenvalue weighted by atomic mass is 32.2. The van der Waals surface area contributed by atoms with Gasteiger partial charge in [0.25, 0.3) is 11.7 Å². The van der Waals surface area contributed by atoms with Crippen LogP contribution in [0.15, 0.2) is 114 Å². The molecule has 1 aliphatic rings. The molecule has 0 aliphatic carbocycles. The van der Waals surface area contributed by atoms with Crippen LogP contribution in [0.2, 0.25) is 0 Å². The van der Waals surface area contributed by atoms with Gasteiger partial charge in [-0.05, 0) is 65.7 Å². The van der Waals surface area contributed by atoms with Gasteiger partial charge in [0.05, 0.1) is 16.5 Å². The molecule has 1 amide bonds. The van der Waals surface area contributed by atoms with Crippen molar-refractivity contribution >= 4 is 27.5 Å². The second kappa shape index (κ2) is 11.4. The first-order chi connectivity index (χ1) is 19.7. The predicted molar refractivity (Wildman–Crippen MR) is 152 cm³/mol. The van der Waals surface area contributed by atoms with Crippen molar-refractivity contribution in [2.75, 3.05) is 14.1 Å². The van der Waals surface area contributed by atoms with Gasteiger partial charge in [0, 0.05) is 38.6 Å². The molecule has 5 rings (SSSR count). The van der Waals surface area contributed by atoms with E-state index in [1.165, 1.54) is 43.3 Å². The summed E-state index contributed by atoms with van der Waals surface area (Å²) < 4.78 is 32.1. The molecule has 1 aromatic heterocycles. The number of rotatable bonds is 8. The number of Topliss-reactive ketones (excluding diaryl/α,β-unsaturated/α-hetero) is 1. The fraction of sp³-hybridized carbons (Fsp3) is 0.129. The number of hydrogen-bond acceptors (Lipinski definition) is 7. The molecule has 3 aromatic carbocycles. The first kappa shape index (κ1) is 27.8. The summed E-state index contributed by atoms with van der Waals surface area (Å²) in [5.41, 5.74) is 1.34.